The summed E-state index contributed by atoms with van der Waals surface area (Å²) in [5.41, 5.74) is 9.80. The third-order valence-corrected chi connectivity index (χ3v) is 7.70. The number of hydrogen-bond donors (Lipinski definition) is 4. The molecule has 0 aliphatic carbocycles. The fourth-order valence-corrected chi connectivity index (χ4v) is 5.51. The van der Waals surface area contributed by atoms with Gasteiger partial charge in [0, 0.05) is 29.3 Å². The van der Waals surface area contributed by atoms with Gasteiger partial charge in [0.15, 0.2) is 5.78 Å². The number of nitrogens with one attached hydrogen (secondary N) is 3. The maximum atomic E-state index is 13.8. The minimum atomic E-state index is -0.573. The zero-order valence-corrected chi connectivity index (χ0v) is 27.1. The third kappa shape index (κ3) is 12.6. The van der Waals surface area contributed by atoms with Crippen molar-refractivity contribution < 1.29 is 9.59 Å². The molecule has 1 aliphatic rings. The van der Waals surface area contributed by atoms with Crippen LogP contribution in [0.2, 0.25) is 0 Å². The molecule has 7 nitrogen and oxygen atoms in total. The summed E-state index contributed by atoms with van der Waals surface area (Å²) in [5, 5.41) is 10.3. The molecule has 1 amide bonds. The van der Waals surface area contributed by atoms with E-state index in [1.54, 1.807) is 6.92 Å². The minimum absolute atomic E-state index is 0.0789. The first-order valence-electron chi connectivity index (χ1n) is 15.3. The van der Waals surface area contributed by atoms with Crippen molar-refractivity contribution in [1.82, 2.24) is 20.9 Å². The monoisotopic (exact) mass is 569 g/mol. The highest BCUT2D eigenvalue weighted by Crippen LogP contribution is 2.26. The van der Waals surface area contributed by atoms with Crippen LogP contribution in [0.1, 0.15) is 93.4 Å². The average Bonchev–Trinajstić information content (AvgIpc) is 3.34. The maximum Gasteiger partial charge on any atom is 0.243 e. The highest BCUT2D eigenvalue weighted by molar-refractivity contribution is 5.83. The first-order chi connectivity index (χ1) is 19.0. The lowest BCUT2D eigenvalue weighted by Crippen LogP contribution is -2.52. The van der Waals surface area contributed by atoms with Gasteiger partial charge in [0.05, 0.1) is 18.1 Å². The summed E-state index contributed by atoms with van der Waals surface area (Å²) < 4.78 is 0. The van der Waals surface area contributed by atoms with Gasteiger partial charge in [-0.3, -0.25) is 9.59 Å². The van der Waals surface area contributed by atoms with Gasteiger partial charge in [-0.2, -0.15) is 0 Å². The van der Waals surface area contributed by atoms with Gasteiger partial charge in [0.2, 0.25) is 5.91 Å². The molecule has 0 aromatic rings. The van der Waals surface area contributed by atoms with E-state index in [1.807, 2.05) is 11.8 Å². The van der Waals surface area contributed by atoms with Crippen LogP contribution in [0.25, 0.3) is 0 Å². The Morgan fingerprint density at radius 1 is 0.854 bits per heavy atom. The van der Waals surface area contributed by atoms with Crippen LogP contribution >= 0.6 is 0 Å². The summed E-state index contributed by atoms with van der Waals surface area (Å²) in [6.07, 6.45) is 5.13. The molecular weight excluding hydrogens is 510 g/mol. The average molecular weight is 570 g/mol. The molecule has 7 heteroatoms. The standard InChI is InChI=1S/C34H59N5O2/c1-21(2)18-24(7)26(9)36-31(19-22(3)4)27(10)37-32(20-23(5)6)34(41)38-30(16-15-25(8)35)28(11)39-17-13-14-33(39)29(12)40/h21-22,24,30-33,36-37H,5,8-11,13-20,35H2,1-4,6-7,12H3,(H,38,41). The Hall–Kier alpha value is -2.96. The van der Waals surface area contributed by atoms with Gasteiger partial charge in [0.1, 0.15) is 6.04 Å². The van der Waals surface area contributed by atoms with E-state index in [0.717, 1.165) is 54.9 Å². The summed E-state index contributed by atoms with van der Waals surface area (Å²) in [4.78, 5) is 28.2. The number of amides is 1. The van der Waals surface area contributed by atoms with E-state index in [9.17, 15) is 9.59 Å². The quantitative estimate of drug-likeness (QED) is 0.136. The number of ketones is 1. The summed E-state index contributed by atoms with van der Waals surface area (Å²) in [6.45, 7) is 36.2. The van der Waals surface area contributed by atoms with Crippen LogP contribution in [0, 0.1) is 17.8 Å². The van der Waals surface area contributed by atoms with Gasteiger partial charge in [-0.05, 0) is 76.5 Å². The molecule has 5 unspecified atom stereocenters. The lowest BCUT2D eigenvalue weighted by atomic mass is 9.94. The summed E-state index contributed by atoms with van der Waals surface area (Å²) in [7, 11) is 0. The van der Waals surface area contributed by atoms with Gasteiger partial charge in [-0.15, -0.1) is 6.58 Å². The Morgan fingerprint density at radius 3 is 1.95 bits per heavy atom. The molecule has 0 radical (unpaired) electrons. The molecule has 1 heterocycles. The van der Waals surface area contributed by atoms with Crippen molar-refractivity contribution >= 4 is 11.7 Å². The Kier molecular flexibility index (Phi) is 15.0. The molecular formula is C34H59N5O2. The van der Waals surface area contributed by atoms with E-state index in [-0.39, 0.29) is 29.8 Å². The number of rotatable bonds is 20. The Morgan fingerprint density at radius 2 is 1.44 bits per heavy atom. The van der Waals surface area contributed by atoms with Crippen LogP contribution in [-0.2, 0) is 9.59 Å². The molecule has 41 heavy (non-hydrogen) atoms. The van der Waals surface area contributed by atoms with Crippen LogP contribution in [0.4, 0.5) is 0 Å². The molecule has 0 aromatic heterocycles. The molecule has 1 fully saturated rings. The predicted molar refractivity (Wildman–Crippen MR) is 174 cm³/mol. The molecule has 0 spiro atoms. The second-order valence-corrected chi connectivity index (χ2v) is 13.0. The highest BCUT2D eigenvalue weighted by Gasteiger charge is 2.33. The van der Waals surface area contributed by atoms with Crippen molar-refractivity contribution in [3.63, 3.8) is 0 Å². The number of carbonyl (C=O) groups excluding carboxylic acids is 2. The van der Waals surface area contributed by atoms with Crippen molar-refractivity contribution in [3.05, 3.63) is 61.3 Å². The summed E-state index contributed by atoms with van der Waals surface area (Å²) in [6, 6.07) is -1.24. The zero-order chi connectivity index (χ0) is 31.4. The van der Waals surface area contributed by atoms with Crippen LogP contribution < -0.4 is 21.7 Å². The second kappa shape index (κ2) is 17.1. The maximum absolute atomic E-state index is 13.8. The number of nitrogens with two attached hydrogens (primary N) is 1. The molecule has 0 bridgehead atoms. The molecule has 5 N–H and O–H groups in total. The number of hydrogen-bond acceptors (Lipinski definition) is 6. The fraction of sp³-hybridized carbons (Fsp3) is 0.647. The van der Waals surface area contributed by atoms with Gasteiger partial charge >= 0.3 is 0 Å². The fourth-order valence-electron chi connectivity index (χ4n) is 5.51. The topological polar surface area (TPSA) is 99.5 Å². The smallest absolute Gasteiger partial charge is 0.243 e. The normalized spacial score (nSPS) is 17.9. The Balaban J connectivity index is 3.15. The summed E-state index contributed by atoms with van der Waals surface area (Å²) in [5.74, 6) is 1.25. The minimum Gasteiger partial charge on any atom is -0.403 e. The van der Waals surface area contributed by atoms with E-state index in [2.05, 4.69) is 83.5 Å². The largest absolute Gasteiger partial charge is 0.403 e. The van der Waals surface area contributed by atoms with Crippen molar-refractivity contribution in [2.75, 3.05) is 6.54 Å². The predicted octanol–water partition coefficient (Wildman–Crippen LogP) is 5.93. The number of allylic oxidation sites excluding steroid dienone is 2. The van der Waals surface area contributed by atoms with E-state index < -0.39 is 6.04 Å². The SMILES string of the molecule is C=C(C)CC(NC(=C)C(CC(C)C)NC(=C)C(C)CC(C)C)C(=O)NC(CCC(=C)N)C(=C)N1CCCC1C(C)=O. The van der Waals surface area contributed by atoms with E-state index in [1.165, 1.54) is 0 Å². The molecule has 232 valence electrons. The molecule has 1 aliphatic heterocycles. The van der Waals surface area contributed by atoms with Gasteiger partial charge < -0.3 is 26.6 Å². The van der Waals surface area contributed by atoms with Crippen molar-refractivity contribution in [1.29, 1.82) is 0 Å². The lowest BCUT2D eigenvalue weighted by molar-refractivity contribution is -0.123. The molecule has 0 saturated carbocycles. The first-order valence-corrected chi connectivity index (χ1v) is 15.3. The van der Waals surface area contributed by atoms with Crippen LogP contribution in [0.15, 0.2) is 61.3 Å². The van der Waals surface area contributed by atoms with E-state index in [4.69, 9.17) is 5.73 Å². The van der Waals surface area contributed by atoms with Gasteiger partial charge in [0.25, 0.3) is 0 Å². The number of Topliss-reactive ketones (excluding diaryl/α,β-unsaturated/α-hetero) is 1. The van der Waals surface area contributed by atoms with Gasteiger partial charge in [-0.1, -0.05) is 66.5 Å². The van der Waals surface area contributed by atoms with Crippen LogP contribution in [0.3, 0.4) is 0 Å². The molecule has 1 rings (SSSR count). The first kappa shape index (κ1) is 36.1. The van der Waals surface area contributed by atoms with E-state index in [0.29, 0.717) is 42.7 Å². The third-order valence-electron chi connectivity index (χ3n) is 7.70. The Bertz CT molecular complexity index is 966. The molecule has 0 aromatic carbocycles. The highest BCUT2D eigenvalue weighted by atomic mass is 16.2. The molecule has 1 saturated heterocycles. The number of carbonyl (C=O) groups is 2. The zero-order valence-electron chi connectivity index (χ0n) is 27.1. The van der Waals surface area contributed by atoms with Crippen molar-refractivity contribution in [3.8, 4) is 0 Å². The Labute approximate surface area is 250 Å². The lowest BCUT2D eigenvalue weighted by Gasteiger charge is -2.34. The summed E-state index contributed by atoms with van der Waals surface area (Å²) >= 11 is 0. The molecule has 5 atom stereocenters. The number of likely N-dealkylation sites (tertiary alicyclic amines) is 1. The number of nitrogens with zero attached hydrogens (tertiary/aromatic N) is 1. The van der Waals surface area contributed by atoms with Gasteiger partial charge in [-0.25, -0.2) is 0 Å². The van der Waals surface area contributed by atoms with Crippen molar-refractivity contribution in [2.24, 2.45) is 23.5 Å². The van der Waals surface area contributed by atoms with Crippen molar-refractivity contribution in [2.45, 2.75) is 118 Å². The van der Waals surface area contributed by atoms with Crippen LogP contribution in [0.5, 0.6) is 0 Å². The second-order valence-electron chi connectivity index (χ2n) is 13.0. The van der Waals surface area contributed by atoms with E-state index >= 15 is 0 Å². The van der Waals surface area contributed by atoms with Crippen LogP contribution in [-0.4, -0.2) is 47.3 Å².